The molecule has 0 bridgehead atoms. The van der Waals surface area contributed by atoms with Crippen LogP contribution in [0, 0.1) is 0 Å². The standard InChI is InChI=1S/C56H107NO5/c1-3-5-7-9-11-13-15-17-19-20-21-22-23-24-25-26-28-32-36-40-44-48-54(59)53(52-58)57-55(60)49-45-41-37-33-30-31-35-39-43-47-51-62-56(61)50-46-42-38-34-29-27-18-16-14-12-10-8-6-4-2/h16,18,31,35,53-54,58-59H,3-15,17,19-30,32-34,36-52H2,1-2H3,(H,57,60)/b18-16-,35-31-. The Bertz CT molecular complexity index is 966. The Morgan fingerprint density at radius 3 is 1.15 bits per heavy atom. The predicted molar refractivity (Wildman–Crippen MR) is 269 cm³/mol. The lowest BCUT2D eigenvalue weighted by Crippen LogP contribution is -2.45. The van der Waals surface area contributed by atoms with E-state index in [1.54, 1.807) is 0 Å². The first kappa shape index (κ1) is 60.3. The summed E-state index contributed by atoms with van der Waals surface area (Å²) in [5.41, 5.74) is 0. The van der Waals surface area contributed by atoms with E-state index in [9.17, 15) is 19.8 Å². The van der Waals surface area contributed by atoms with E-state index in [-0.39, 0.29) is 18.5 Å². The van der Waals surface area contributed by atoms with Crippen LogP contribution in [0.1, 0.15) is 296 Å². The van der Waals surface area contributed by atoms with Gasteiger partial charge in [-0.1, -0.05) is 231 Å². The molecule has 0 radical (unpaired) electrons. The zero-order chi connectivity index (χ0) is 45.1. The smallest absolute Gasteiger partial charge is 0.305 e. The van der Waals surface area contributed by atoms with Crippen LogP contribution >= 0.6 is 0 Å². The van der Waals surface area contributed by atoms with Gasteiger partial charge in [-0.2, -0.15) is 0 Å². The molecule has 0 fully saturated rings. The van der Waals surface area contributed by atoms with Crippen molar-refractivity contribution >= 4 is 11.9 Å². The molecule has 0 aromatic rings. The van der Waals surface area contributed by atoms with Gasteiger partial charge in [0.05, 0.1) is 25.4 Å². The normalized spacial score (nSPS) is 12.8. The Balaban J connectivity index is 3.52. The molecule has 0 saturated heterocycles. The van der Waals surface area contributed by atoms with Crippen molar-refractivity contribution in [3.63, 3.8) is 0 Å². The van der Waals surface area contributed by atoms with Gasteiger partial charge in [-0.3, -0.25) is 9.59 Å². The van der Waals surface area contributed by atoms with Crippen molar-refractivity contribution in [2.24, 2.45) is 0 Å². The number of allylic oxidation sites excluding steroid dienone is 4. The third-order valence-electron chi connectivity index (χ3n) is 12.7. The summed E-state index contributed by atoms with van der Waals surface area (Å²) in [5, 5.41) is 23.3. The van der Waals surface area contributed by atoms with Crippen LogP contribution in [-0.4, -0.2) is 47.4 Å². The maximum atomic E-state index is 12.5. The van der Waals surface area contributed by atoms with E-state index in [4.69, 9.17) is 4.74 Å². The first-order valence-electron chi connectivity index (χ1n) is 27.6. The molecule has 0 aliphatic carbocycles. The average Bonchev–Trinajstić information content (AvgIpc) is 3.27. The van der Waals surface area contributed by atoms with Crippen LogP contribution in [-0.2, 0) is 14.3 Å². The summed E-state index contributed by atoms with van der Waals surface area (Å²) >= 11 is 0. The van der Waals surface area contributed by atoms with Crippen LogP contribution in [0.4, 0.5) is 0 Å². The molecule has 0 aromatic carbocycles. The molecule has 6 heteroatoms. The fraction of sp³-hybridized carbons (Fsp3) is 0.893. The molecule has 0 aromatic heterocycles. The lowest BCUT2D eigenvalue weighted by atomic mass is 10.0. The number of aliphatic hydroxyl groups is 2. The largest absolute Gasteiger partial charge is 0.466 e. The van der Waals surface area contributed by atoms with Crippen LogP contribution in [0.2, 0.25) is 0 Å². The van der Waals surface area contributed by atoms with Gasteiger partial charge >= 0.3 is 5.97 Å². The summed E-state index contributed by atoms with van der Waals surface area (Å²) in [6.07, 6.45) is 61.6. The second-order valence-corrected chi connectivity index (χ2v) is 18.9. The molecule has 0 aliphatic rings. The molecular weight excluding hydrogens is 767 g/mol. The number of unbranched alkanes of at least 4 members (excludes halogenated alkanes) is 36. The monoisotopic (exact) mass is 874 g/mol. The number of rotatable bonds is 51. The third kappa shape index (κ3) is 47.8. The van der Waals surface area contributed by atoms with Crippen molar-refractivity contribution in [2.75, 3.05) is 13.2 Å². The van der Waals surface area contributed by atoms with Gasteiger partial charge in [0.25, 0.3) is 0 Å². The van der Waals surface area contributed by atoms with Crippen molar-refractivity contribution in [3.8, 4) is 0 Å². The number of carbonyl (C=O) groups excluding carboxylic acids is 2. The van der Waals surface area contributed by atoms with Gasteiger partial charge in [0.2, 0.25) is 5.91 Å². The van der Waals surface area contributed by atoms with Crippen molar-refractivity contribution < 1.29 is 24.5 Å². The Morgan fingerprint density at radius 1 is 0.435 bits per heavy atom. The lowest BCUT2D eigenvalue weighted by molar-refractivity contribution is -0.143. The molecule has 2 unspecified atom stereocenters. The van der Waals surface area contributed by atoms with E-state index in [2.05, 4.69) is 43.5 Å². The SMILES string of the molecule is CCCCCCC/C=C\CCCCCCCC(=O)OCCCC/C=C\CCCCCCC(=O)NC(CO)C(O)CCCCCCCCCCCCCCCCCCCCCCC. The predicted octanol–water partition coefficient (Wildman–Crippen LogP) is 16.7. The van der Waals surface area contributed by atoms with Gasteiger partial charge in [-0.05, 0) is 77.0 Å². The molecule has 0 spiro atoms. The number of esters is 1. The average molecular weight is 874 g/mol. The molecule has 6 nitrogen and oxygen atoms in total. The van der Waals surface area contributed by atoms with E-state index < -0.39 is 12.1 Å². The first-order valence-corrected chi connectivity index (χ1v) is 27.6. The van der Waals surface area contributed by atoms with Crippen molar-refractivity contribution in [1.82, 2.24) is 5.32 Å². The Kier molecular flexibility index (Phi) is 50.6. The molecule has 3 N–H and O–H groups in total. The molecule has 0 heterocycles. The minimum atomic E-state index is -0.687. The van der Waals surface area contributed by atoms with Gasteiger partial charge in [0.15, 0.2) is 0 Å². The zero-order valence-corrected chi connectivity index (χ0v) is 41.6. The summed E-state index contributed by atoms with van der Waals surface area (Å²) in [4.78, 5) is 24.5. The lowest BCUT2D eigenvalue weighted by Gasteiger charge is -2.22. The van der Waals surface area contributed by atoms with Gasteiger partial charge in [-0.25, -0.2) is 0 Å². The molecule has 1 amide bonds. The number of ether oxygens (including phenoxy) is 1. The zero-order valence-electron chi connectivity index (χ0n) is 41.6. The topological polar surface area (TPSA) is 95.9 Å². The van der Waals surface area contributed by atoms with Crippen LogP contribution in [0.25, 0.3) is 0 Å². The van der Waals surface area contributed by atoms with E-state index in [0.717, 1.165) is 77.0 Å². The van der Waals surface area contributed by atoms with E-state index in [1.165, 1.54) is 186 Å². The van der Waals surface area contributed by atoms with Crippen LogP contribution in [0.3, 0.4) is 0 Å². The van der Waals surface area contributed by atoms with Crippen LogP contribution < -0.4 is 5.32 Å². The minimum absolute atomic E-state index is 0.0443. The number of carbonyl (C=O) groups is 2. The summed E-state index contributed by atoms with van der Waals surface area (Å²) in [5.74, 6) is -0.113. The van der Waals surface area contributed by atoms with Crippen LogP contribution in [0.15, 0.2) is 24.3 Å². The molecule has 0 aliphatic heterocycles. The number of amides is 1. The van der Waals surface area contributed by atoms with Crippen LogP contribution in [0.5, 0.6) is 0 Å². The van der Waals surface area contributed by atoms with E-state index in [0.29, 0.717) is 25.9 Å². The fourth-order valence-corrected chi connectivity index (χ4v) is 8.45. The summed E-state index contributed by atoms with van der Waals surface area (Å²) in [6.45, 7) is 4.86. The van der Waals surface area contributed by atoms with E-state index in [1.807, 2.05) is 0 Å². The summed E-state index contributed by atoms with van der Waals surface area (Å²) in [6, 6.07) is -0.568. The number of hydrogen-bond acceptors (Lipinski definition) is 5. The van der Waals surface area contributed by atoms with Crippen molar-refractivity contribution in [1.29, 1.82) is 0 Å². The maximum absolute atomic E-state index is 12.5. The summed E-state index contributed by atoms with van der Waals surface area (Å²) in [7, 11) is 0. The van der Waals surface area contributed by atoms with Crippen molar-refractivity contribution in [3.05, 3.63) is 24.3 Å². The first-order chi connectivity index (χ1) is 30.5. The highest BCUT2D eigenvalue weighted by Crippen LogP contribution is 2.17. The Morgan fingerprint density at radius 2 is 0.758 bits per heavy atom. The summed E-state index contributed by atoms with van der Waals surface area (Å²) < 4.78 is 5.43. The minimum Gasteiger partial charge on any atom is -0.466 e. The van der Waals surface area contributed by atoms with Gasteiger partial charge in [0, 0.05) is 12.8 Å². The Labute approximate surface area is 386 Å². The highest BCUT2D eigenvalue weighted by atomic mass is 16.5. The number of hydrogen-bond donors (Lipinski definition) is 3. The molecule has 366 valence electrons. The van der Waals surface area contributed by atoms with Gasteiger partial charge in [-0.15, -0.1) is 0 Å². The maximum Gasteiger partial charge on any atom is 0.305 e. The second-order valence-electron chi connectivity index (χ2n) is 18.9. The fourth-order valence-electron chi connectivity index (χ4n) is 8.45. The van der Waals surface area contributed by atoms with Gasteiger partial charge in [0.1, 0.15) is 0 Å². The quantitative estimate of drug-likeness (QED) is 0.0321. The second kappa shape index (κ2) is 52.0. The highest BCUT2D eigenvalue weighted by molar-refractivity contribution is 5.76. The van der Waals surface area contributed by atoms with Gasteiger partial charge < -0.3 is 20.3 Å². The van der Waals surface area contributed by atoms with E-state index >= 15 is 0 Å². The molecule has 0 rings (SSSR count). The Hall–Kier alpha value is -1.66. The highest BCUT2D eigenvalue weighted by Gasteiger charge is 2.20. The molecule has 2 atom stereocenters. The number of aliphatic hydroxyl groups excluding tert-OH is 2. The molecule has 62 heavy (non-hydrogen) atoms. The van der Waals surface area contributed by atoms with Crippen molar-refractivity contribution in [2.45, 2.75) is 309 Å². The molecular formula is C56H107NO5. The third-order valence-corrected chi connectivity index (χ3v) is 12.7. The molecule has 0 saturated carbocycles. The number of nitrogens with one attached hydrogen (secondary N) is 1.